The van der Waals surface area contributed by atoms with Crippen LogP contribution in [0.15, 0.2) is 104 Å². The number of aromatic nitrogens is 2. The summed E-state index contributed by atoms with van der Waals surface area (Å²) in [4.78, 5) is 43.2. The molecule has 2 aromatic carbocycles. The maximum Gasteiger partial charge on any atom is 0.224 e. The van der Waals surface area contributed by atoms with Crippen LogP contribution in [0.5, 0.6) is 0 Å². The molecule has 4 N–H and O–H groups in total. The molecule has 0 aliphatic carbocycles. The number of hydrogen-bond acceptors (Lipinski definition) is 4. The molecule has 284 valence electrons. The molecule has 4 aromatic rings. The van der Waals surface area contributed by atoms with Gasteiger partial charge < -0.3 is 20.6 Å². The largest absolute Gasteiger partial charge is 0.359 e. The zero-order valence-electron chi connectivity index (χ0n) is 33.9. The van der Waals surface area contributed by atoms with Crippen molar-refractivity contribution in [3.05, 3.63) is 151 Å². The van der Waals surface area contributed by atoms with Gasteiger partial charge in [0.1, 0.15) is 0 Å². The summed E-state index contributed by atoms with van der Waals surface area (Å²) in [6, 6.07) is 19.9. The van der Waals surface area contributed by atoms with Crippen molar-refractivity contribution in [3.63, 3.8) is 0 Å². The van der Waals surface area contributed by atoms with Crippen molar-refractivity contribution in [1.29, 1.82) is 0 Å². The molecule has 0 radical (unpaired) electrons. The maximum atomic E-state index is 13.1. The summed E-state index contributed by atoms with van der Waals surface area (Å²) in [5.74, 6) is -0.00350. The van der Waals surface area contributed by atoms with Gasteiger partial charge in [-0.15, -0.1) is 0 Å². The molecule has 8 heteroatoms. The van der Waals surface area contributed by atoms with Crippen molar-refractivity contribution in [2.75, 3.05) is 0 Å². The van der Waals surface area contributed by atoms with Crippen molar-refractivity contribution >= 4 is 35.4 Å². The third-order valence-corrected chi connectivity index (χ3v) is 11.3. The van der Waals surface area contributed by atoms with E-state index in [1.807, 2.05) is 88.4 Å². The molecule has 6 rings (SSSR count). The summed E-state index contributed by atoms with van der Waals surface area (Å²) in [5, 5.41) is 6.30. The molecule has 2 atom stereocenters. The van der Waals surface area contributed by atoms with Crippen LogP contribution in [0.2, 0.25) is 0 Å². The summed E-state index contributed by atoms with van der Waals surface area (Å²) in [6.45, 7) is 20.7. The van der Waals surface area contributed by atoms with E-state index in [-0.39, 0.29) is 23.9 Å². The number of rotatable bonds is 12. The molecule has 0 spiro atoms. The molecule has 2 aliphatic heterocycles. The average molecular weight is 735 g/mol. The minimum Gasteiger partial charge on any atom is -0.359 e. The fourth-order valence-corrected chi connectivity index (χ4v) is 7.77. The maximum absolute atomic E-state index is 13.1. The third-order valence-electron chi connectivity index (χ3n) is 11.3. The van der Waals surface area contributed by atoms with Crippen LogP contribution >= 0.6 is 0 Å². The zero-order valence-corrected chi connectivity index (χ0v) is 33.9. The van der Waals surface area contributed by atoms with E-state index in [1.165, 1.54) is 11.1 Å². The number of aliphatic imine (C=N–C) groups is 2. The number of hydrogen-bond donors (Lipinski definition) is 4. The standard InChI is InChI=1S/C47H54N6O2/c1-26-38(32(7)48-42(26)24-44-28(3)40(34(9)50-44)22-46(54)52-30(5)36-17-13-11-14-18-36)21-39-27(2)43(49-33(39)8)25-45-29(4)41(35(10)51-45)23-47(55)53-31(6)37-19-15-12-16-20-37/h11-20,24-25,30-31,50-51H,21-23H2,1-10H3,(H,52,54)(H,53,55)/b42-24-,43-25?/t30-,31-/m0/s1. The van der Waals surface area contributed by atoms with E-state index >= 15 is 0 Å². The normalized spacial score (nSPS) is 16.9. The third kappa shape index (κ3) is 8.49. The highest BCUT2D eigenvalue weighted by Crippen LogP contribution is 2.37. The lowest BCUT2D eigenvalue weighted by atomic mass is 9.93. The first-order valence-corrected chi connectivity index (χ1v) is 19.2. The number of carbonyl (C=O) groups excluding carboxylic acids is 2. The van der Waals surface area contributed by atoms with E-state index < -0.39 is 0 Å². The van der Waals surface area contributed by atoms with Crippen LogP contribution < -0.4 is 10.6 Å². The van der Waals surface area contributed by atoms with Gasteiger partial charge in [-0.25, -0.2) is 0 Å². The number of nitrogens with one attached hydrogen (secondary N) is 4. The zero-order chi connectivity index (χ0) is 39.6. The van der Waals surface area contributed by atoms with Crippen molar-refractivity contribution < 1.29 is 9.59 Å². The van der Waals surface area contributed by atoms with E-state index in [0.717, 1.165) is 96.5 Å². The summed E-state index contributed by atoms with van der Waals surface area (Å²) in [5.41, 5.74) is 18.8. The van der Waals surface area contributed by atoms with E-state index in [1.54, 1.807) is 0 Å². The van der Waals surface area contributed by atoms with Gasteiger partial charge in [0, 0.05) is 40.6 Å². The SMILES string of the molecule is CC1=NC(=Cc2[nH]c(C)c(CC(=O)N[C@@H](C)c3ccccc3)c2C)C(C)=C1CC1=C(C)/C(=C/c2[nH]c(C)c(CC(=O)N[C@@H](C)c3ccccc3)c2C)N=C1C. The topological polar surface area (TPSA) is 114 Å². The van der Waals surface area contributed by atoms with Crippen LogP contribution in [0.3, 0.4) is 0 Å². The van der Waals surface area contributed by atoms with Crippen LogP contribution in [0.4, 0.5) is 0 Å². The van der Waals surface area contributed by atoms with Crippen molar-refractivity contribution in [3.8, 4) is 0 Å². The number of nitrogens with zero attached hydrogens (tertiary/aromatic N) is 2. The Morgan fingerprint density at radius 3 is 1.33 bits per heavy atom. The number of aryl methyl sites for hydroxylation is 2. The number of carbonyl (C=O) groups is 2. The molecule has 0 bridgehead atoms. The Labute approximate surface area is 325 Å². The second-order valence-electron chi connectivity index (χ2n) is 15.1. The monoisotopic (exact) mass is 734 g/mol. The van der Waals surface area contributed by atoms with Crippen LogP contribution in [-0.2, 0) is 22.4 Å². The van der Waals surface area contributed by atoms with Crippen molar-refractivity contribution in [2.45, 2.75) is 101 Å². The minimum atomic E-state index is -0.0651. The average Bonchev–Trinajstić information content (AvgIpc) is 3.78. The Balaban J connectivity index is 1.16. The molecule has 0 fully saturated rings. The van der Waals surface area contributed by atoms with E-state index in [9.17, 15) is 9.59 Å². The first kappa shape index (κ1) is 38.9. The summed E-state index contributed by atoms with van der Waals surface area (Å²) >= 11 is 0. The smallest absolute Gasteiger partial charge is 0.224 e. The Morgan fingerprint density at radius 1 is 0.600 bits per heavy atom. The molecule has 55 heavy (non-hydrogen) atoms. The summed E-state index contributed by atoms with van der Waals surface area (Å²) < 4.78 is 0. The number of aromatic amines is 2. The quantitative estimate of drug-likeness (QED) is 0.116. The number of benzene rings is 2. The van der Waals surface area contributed by atoms with Gasteiger partial charge in [0.25, 0.3) is 0 Å². The molecule has 2 aliphatic rings. The Kier molecular flexibility index (Phi) is 11.6. The molecule has 0 saturated carbocycles. The van der Waals surface area contributed by atoms with Gasteiger partial charge >= 0.3 is 0 Å². The van der Waals surface area contributed by atoms with E-state index in [4.69, 9.17) is 9.98 Å². The lowest BCUT2D eigenvalue weighted by molar-refractivity contribution is -0.122. The number of amides is 2. The van der Waals surface area contributed by atoms with Gasteiger partial charge in [0.2, 0.25) is 11.8 Å². The second kappa shape index (κ2) is 16.3. The Morgan fingerprint density at radius 2 is 0.964 bits per heavy atom. The van der Waals surface area contributed by atoms with Gasteiger partial charge in [-0.05, 0) is 137 Å². The van der Waals surface area contributed by atoms with Crippen molar-refractivity contribution in [2.24, 2.45) is 9.98 Å². The van der Waals surface area contributed by atoms with Gasteiger partial charge in [-0.3, -0.25) is 19.6 Å². The predicted molar refractivity (Wildman–Crippen MR) is 226 cm³/mol. The summed E-state index contributed by atoms with van der Waals surface area (Å²) in [7, 11) is 0. The van der Waals surface area contributed by atoms with Gasteiger partial charge in [-0.2, -0.15) is 0 Å². The first-order valence-electron chi connectivity index (χ1n) is 19.2. The predicted octanol–water partition coefficient (Wildman–Crippen LogP) is 9.77. The van der Waals surface area contributed by atoms with E-state index in [0.29, 0.717) is 12.8 Å². The van der Waals surface area contributed by atoms with Gasteiger partial charge in [0.05, 0.1) is 36.3 Å². The molecular formula is C47H54N6O2. The lowest BCUT2D eigenvalue weighted by Gasteiger charge is -2.14. The highest BCUT2D eigenvalue weighted by molar-refractivity contribution is 6.09. The highest BCUT2D eigenvalue weighted by Gasteiger charge is 2.26. The number of H-pyrrole nitrogens is 2. The Bertz CT molecular complexity index is 2160. The van der Waals surface area contributed by atoms with Gasteiger partial charge in [0.15, 0.2) is 0 Å². The second-order valence-corrected chi connectivity index (χ2v) is 15.1. The summed E-state index contributed by atoms with van der Waals surface area (Å²) in [6.07, 6.45) is 5.58. The molecule has 4 heterocycles. The van der Waals surface area contributed by atoms with Crippen LogP contribution in [-0.4, -0.2) is 33.2 Å². The molecule has 2 aromatic heterocycles. The molecular weight excluding hydrogens is 681 g/mol. The fourth-order valence-electron chi connectivity index (χ4n) is 7.77. The van der Waals surface area contributed by atoms with Crippen molar-refractivity contribution in [1.82, 2.24) is 20.6 Å². The first-order chi connectivity index (χ1) is 26.2. The van der Waals surface area contributed by atoms with Gasteiger partial charge in [-0.1, -0.05) is 60.7 Å². The number of allylic oxidation sites excluding steroid dienone is 4. The van der Waals surface area contributed by atoms with Crippen LogP contribution in [0.1, 0.15) is 116 Å². The molecule has 2 amide bonds. The lowest BCUT2D eigenvalue weighted by Crippen LogP contribution is -2.28. The molecule has 0 saturated heterocycles. The molecule has 0 unspecified atom stereocenters. The van der Waals surface area contributed by atoms with Crippen LogP contribution in [0.25, 0.3) is 12.2 Å². The molecule has 8 nitrogen and oxygen atoms in total. The van der Waals surface area contributed by atoms with Crippen LogP contribution in [0, 0.1) is 27.7 Å². The van der Waals surface area contributed by atoms with E-state index in [2.05, 4.69) is 74.3 Å². The highest BCUT2D eigenvalue weighted by atomic mass is 16.2. The minimum absolute atomic E-state index is 0.00175. The Hall–Kier alpha value is -5.76. The fraction of sp³-hybridized carbons (Fsp3) is 0.319.